The minimum atomic E-state index is -0.692. The van der Waals surface area contributed by atoms with Gasteiger partial charge in [-0.1, -0.05) is 0 Å². The second-order valence-corrected chi connectivity index (χ2v) is 14.0. The number of carbonyl (C=O) groups excluding carboxylic acids is 3. The van der Waals surface area contributed by atoms with Gasteiger partial charge in [0.1, 0.15) is 16.8 Å². The molecule has 1 aliphatic rings. The molecule has 41 heavy (non-hydrogen) atoms. The highest BCUT2D eigenvalue weighted by atomic mass is 32.2. The number of ether oxygens (including phenoxy) is 3. The zero-order chi connectivity index (χ0) is 31.0. The predicted molar refractivity (Wildman–Crippen MR) is 164 cm³/mol. The van der Waals surface area contributed by atoms with E-state index in [1.54, 1.807) is 26.5 Å². The third-order valence-electron chi connectivity index (χ3n) is 5.95. The Balaban J connectivity index is 2.41. The fourth-order valence-electron chi connectivity index (χ4n) is 3.99. The van der Waals surface area contributed by atoms with Crippen molar-refractivity contribution in [1.29, 1.82) is 0 Å². The van der Waals surface area contributed by atoms with Crippen LogP contribution in [0, 0.1) is 0 Å². The third-order valence-corrected chi connectivity index (χ3v) is 6.70. The van der Waals surface area contributed by atoms with Crippen molar-refractivity contribution in [2.24, 2.45) is 0 Å². The number of nitrogens with zero attached hydrogens (tertiary/aromatic N) is 4. The Morgan fingerprint density at radius 1 is 0.561 bits per heavy atom. The van der Waals surface area contributed by atoms with Crippen LogP contribution in [-0.4, -0.2) is 108 Å². The number of amides is 3. The van der Waals surface area contributed by atoms with Crippen LogP contribution in [0.25, 0.3) is 0 Å². The molecule has 232 valence electrons. The molecule has 0 spiro atoms. The molecule has 1 aliphatic heterocycles. The van der Waals surface area contributed by atoms with Crippen molar-refractivity contribution in [2.75, 3.05) is 63.5 Å². The largest absolute Gasteiger partial charge is 0.444 e. The molecule has 0 aliphatic carbocycles. The molecule has 1 fully saturated rings. The van der Waals surface area contributed by atoms with Crippen LogP contribution in [0.5, 0.6) is 0 Å². The lowest BCUT2D eigenvalue weighted by molar-refractivity contribution is 0.00807. The van der Waals surface area contributed by atoms with Gasteiger partial charge in [-0.15, -0.1) is 11.8 Å². The third kappa shape index (κ3) is 12.7. The van der Waals surface area contributed by atoms with Gasteiger partial charge in [-0.2, -0.15) is 0 Å². The molecular weight excluding hydrogens is 544 g/mol. The number of rotatable bonds is 2. The number of thioether (sulfide) groups is 1. The Kier molecular flexibility index (Phi) is 12.1. The van der Waals surface area contributed by atoms with E-state index in [0.717, 1.165) is 10.6 Å². The molecule has 10 nitrogen and oxygen atoms in total. The molecule has 2 rings (SSSR count). The molecule has 0 unspecified atom stereocenters. The van der Waals surface area contributed by atoms with Crippen LogP contribution in [0.4, 0.5) is 20.1 Å². The van der Waals surface area contributed by atoms with Gasteiger partial charge in [-0.05, 0) is 92.8 Å². The lowest BCUT2D eigenvalue weighted by Gasteiger charge is -2.36. The van der Waals surface area contributed by atoms with Gasteiger partial charge in [0.15, 0.2) is 0 Å². The highest BCUT2D eigenvalue weighted by Gasteiger charge is 2.29. The van der Waals surface area contributed by atoms with E-state index in [-0.39, 0.29) is 26.2 Å². The Morgan fingerprint density at radius 2 is 0.854 bits per heavy atom. The number of hydrogen-bond donors (Lipinski definition) is 0. The Bertz CT molecular complexity index is 970. The lowest BCUT2D eigenvalue weighted by atomic mass is 10.2. The molecule has 0 aromatic heterocycles. The molecule has 0 bridgehead atoms. The summed E-state index contributed by atoms with van der Waals surface area (Å²) in [5.74, 6) is 0. The van der Waals surface area contributed by atoms with Crippen LogP contribution in [-0.2, 0) is 14.2 Å². The first kappa shape index (κ1) is 34.4. The second kappa shape index (κ2) is 14.4. The number of carbonyl (C=O) groups is 3. The van der Waals surface area contributed by atoms with E-state index in [1.807, 2.05) is 68.6 Å². The minimum Gasteiger partial charge on any atom is -0.444 e. The van der Waals surface area contributed by atoms with Gasteiger partial charge in [-0.3, -0.25) is 0 Å². The topological polar surface area (TPSA) is 91.9 Å². The highest BCUT2D eigenvalue weighted by Crippen LogP contribution is 2.22. The maximum absolute atomic E-state index is 13.2. The van der Waals surface area contributed by atoms with Gasteiger partial charge in [0.25, 0.3) is 0 Å². The molecule has 0 atom stereocenters. The van der Waals surface area contributed by atoms with Crippen molar-refractivity contribution < 1.29 is 28.6 Å². The van der Waals surface area contributed by atoms with E-state index in [9.17, 15) is 14.4 Å². The summed E-state index contributed by atoms with van der Waals surface area (Å²) in [5, 5.41) is 0. The summed E-state index contributed by atoms with van der Waals surface area (Å²) in [6.45, 7) is 19.1. The zero-order valence-electron chi connectivity index (χ0n) is 26.6. The van der Waals surface area contributed by atoms with Crippen LogP contribution in [0.2, 0.25) is 0 Å². The second-order valence-electron chi connectivity index (χ2n) is 13.1. The zero-order valence-corrected chi connectivity index (χ0v) is 27.4. The van der Waals surface area contributed by atoms with Crippen LogP contribution in [0.15, 0.2) is 29.2 Å². The molecule has 1 aromatic rings. The van der Waals surface area contributed by atoms with E-state index in [4.69, 9.17) is 14.2 Å². The monoisotopic (exact) mass is 594 g/mol. The number of benzene rings is 1. The fourth-order valence-corrected chi connectivity index (χ4v) is 4.40. The fraction of sp³-hybridized carbons (Fsp3) is 0.700. The summed E-state index contributed by atoms with van der Waals surface area (Å²) in [7, 11) is 0. The van der Waals surface area contributed by atoms with Crippen molar-refractivity contribution in [3.05, 3.63) is 24.3 Å². The normalized spacial score (nSPS) is 16.4. The van der Waals surface area contributed by atoms with Crippen LogP contribution in [0.3, 0.4) is 0 Å². The number of anilines is 1. The van der Waals surface area contributed by atoms with Crippen LogP contribution in [0.1, 0.15) is 62.3 Å². The predicted octanol–water partition coefficient (Wildman–Crippen LogP) is 5.94. The summed E-state index contributed by atoms with van der Waals surface area (Å²) in [6, 6.07) is 8.23. The lowest BCUT2D eigenvalue weighted by Crippen LogP contribution is -2.51. The van der Waals surface area contributed by atoms with Gasteiger partial charge in [0, 0.05) is 62.9 Å². The minimum absolute atomic E-state index is 0.221. The maximum Gasteiger partial charge on any atom is 0.410 e. The molecule has 1 aromatic carbocycles. The quantitative estimate of drug-likeness (QED) is 0.307. The SMILES string of the molecule is CSc1ccc(N2CCN(C(=O)OC(C)(C)C)CCN(C(=O)OC(C)(C)C)CCN(C(=O)OC(C)(C)C)CC2)cc1. The van der Waals surface area contributed by atoms with E-state index < -0.39 is 35.1 Å². The maximum atomic E-state index is 13.2. The molecule has 11 heteroatoms. The number of hydrogen-bond acceptors (Lipinski definition) is 8. The van der Waals surface area contributed by atoms with E-state index in [1.165, 1.54) is 0 Å². The average Bonchev–Trinajstić information content (AvgIpc) is 2.81. The molecule has 1 saturated heterocycles. The van der Waals surface area contributed by atoms with Gasteiger partial charge >= 0.3 is 18.3 Å². The average molecular weight is 595 g/mol. The standard InChI is InChI=1S/C30H50N4O6S/c1-28(2,3)38-25(35)32-17-15-31(23-11-13-24(41-10)14-12-23)16-18-33(26(36)39-29(4,5)6)20-22-34(21-19-32)27(37)40-30(7,8)9/h11-14H,15-22H2,1-10H3. The molecule has 1 heterocycles. The Labute approximate surface area is 250 Å². The molecule has 0 N–H and O–H groups in total. The summed E-state index contributed by atoms with van der Waals surface area (Å²) in [5.41, 5.74) is -1.02. The van der Waals surface area contributed by atoms with Crippen molar-refractivity contribution in [2.45, 2.75) is 84.0 Å². The van der Waals surface area contributed by atoms with Crippen molar-refractivity contribution in [3.8, 4) is 0 Å². The van der Waals surface area contributed by atoms with Crippen molar-refractivity contribution in [3.63, 3.8) is 0 Å². The first-order valence-corrected chi connectivity index (χ1v) is 15.4. The first-order chi connectivity index (χ1) is 18.9. The molecule has 3 amide bonds. The van der Waals surface area contributed by atoms with Crippen molar-refractivity contribution >= 4 is 35.7 Å². The van der Waals surface area contributed by atoms with Gasteiger partial charge in [-0.25, -0.2) is 14.4 Å². The van der Waals surface area contributed by atoms with Crippen LogP contribution < -0.4 is 4.90 Å². The van der Waals surface area contributed by atoms with Gasteiger partial charge in [0.05, 0.1) is 0 Å². The van der Waals surface area contributed by atoms with Crippen molar-refractivity contribution in [1.82, 2.24) is 14.7 Å². The smallest absolute Gasteiger partial charge is 0.410 e. The molecule has 0 radical (unpaired) electrons. The van der Waals surface area contributed by atoms with Crippen LogP contribution >= 0.6 is 11.8 Å². The van der Waals surface area contributed by atoms with Gasteiger partial charge < -0.3 is 33.8 Å². The summed E-state index contributed by atoms with van der Waals surface area (Å²) < 4.78 is 17.1. The molecular formula is C30H50N4O6S. The Hall–Kier alpha value is -2.82. The van der Waals surface area contributed by atoms with E-state index in [2.05, 4.69) is 29.2 Å². The van der Waals surface area contributed by atoms with E-state index in [0.29, 0.717) is 26.2 Å². The van der Waals surface area contributed by atoms with Gasteiger partial charge in [0.2, 0.25) is 0 Å². The summed E-state index contributed by atoms with van der Waals surface area (Å²) >= 11 is 1.67. The summed E-state index contributed by atoms with van der Waals surface area (Å²) in [4.78, 5) is 47.7. The molecule has 0 saturated carbocycles. The summed E-state index contributed by atoms with van der Waals surface area (Å²) in [6.07, 6.45) is 0.653. The first-order valence-electron chi connectivity index (χ1n) is 14.2. The Morgan fingerprint density at radius 3 is 1.12 bits per heavy atom. The van der Waals surface area contributed by atoms with E-state index >= 15 is 0 Å². The highest BCUT2D eigenvalue weighted by molar-refractivity contribution is 7.98.